The van der Waals surface area contributed by atoms with Crippen LogP contribution in [0.4, 0.5) is 0 Å². The normalized spacial score (nSPS) is 22.0. The number of carbonyl (C=O) groups is 1. The summed E-state index contributed by atoms with van der Waals surface area (Å²) < 4.78 is 1.74. The molecule has 1 fully saturated rings. The Kier molecular flexibility index (Phi) is 5.97. The Balaban J connectivity index is 1.77. The fraction of sp³-hybridized carbons (Fsp3) is 0.750. The molecule has 0 saturated heterocycles. The number of carbonyl (C=O) groups excluding carboxylic acids is 1. The van der Waals surface area contributed by atoms with E-state index in [-0.39, 0.29) is 12.0 Å². The minimum atomic E-state index is -0.209. The van der Waals surface area contributed by atoms with Gasteiger partial charge < -0.3 is 10.0 Å². The Labute approximate surface area is 132 Å². The predicted octanol–water partition coefficient (Wildman–Crippen LogP) is 0.861. The molecular formula is C16H28N4O2. The Hall–Kier alpha value is -1.40. The number of aliphatic hydroxyl groups excluding tert-OH is 1. The molecule has 1 aromatic heterocycles. The van der Waals surface area contributed by atoms with Crippen molar-refractivity contribution in [1.82, 2.24) is 19.6 Å². The van der Waals surface area contributed by atoms with Crippen LogP contribution in [-0.4, -0.2) is 63.9 Å². The first kappa shape index (κ1) is 17.0. The van der Waals surface area contributed by atoms with E-state index in [0.717, 1.165) is 31.4 Å². The summed E-state index contributed by atoms with van der Waals surface area (Å²) in [6.45, 7) is 1.75. The highest BCUT2D eigenvalue weighted by Crippen LogP contribution is 2.24. The minimum Gasteiger partial charge on any atom is -0.393 e. The monoisotopic (exact) mass is 308 g/mol. The van der Waals surface area contributed by atoms with Crippen molar-refractivity contribution >= 4 is 5.91 Å². The van der Waals surface area contributed by atoms with Gasteiger partial charge in [-0.2, -0.15) is 5.10 Å². The molecule has 2 atom stereocenters. The second kappa shape index (κ2) is 7.74. The number of aryl methyl sites for hydroxylation is 1. The molecule has 22 heavy (non-hydrogen) atoms. The summed E-state index contributed by atoms with van der Waals surface area (Å²) in [5.41, 5.74) is 1.03. The standard InChI is InChI=1S/C16H28N4O2/c1-18(11-14-6-4-5-7-15(14)21)12-16(22)19(2)9-13-8-17-20(3)10-13/h8,10,14-15,21H,4-7,9,11-12H2,1-3H3. The Morgan fingerprint density at radius 2 is 2.14 bits per heavy atom. The zero-order chi connectivity index (χ0) is 16.1. The predicted molar refractivity (Wildman–Crippen MR) is 85.1 cm³/mol. The first-order valence-corrected chi connectivity index (χ1v) is 8.04. The Morgan fingerprint density at radius 1 is 1.41 bits per heavy atom. The quantitative estimate of drug-likeness (QED) is 0.847. The van der Waals surface area contributed by atoms with Crippen molar-refractivity contribution in [3.05, 3.63) is 18.0 Å². The molecule has 1 saturated carbocycles. The topological polar surface area (TPSA) is 61.6 Å². The van der Waals surface area contributed by atoms with Gasteiger partial charge in [0.05, 0.1) is 18.8 Å². The van der Waals surface area contributed by atoms with Crippen LogP contribution in [0, 0.1) is 5.92 Å². The van der Waals surface area contributed by atoms with Gasteiger partial charge in [0.25, 0.3) is 0 Å². The highest BCUT2D eigenvalue weighted by Gasteiger charge is 2.25. The number of likely N-dealkylation sites (N-methyl/N-ethyl adjacent to an activating group) is 2. The maximum atomic E-state index is 12.3. The van der Waals surface area contributed by atoms with Crippen LogP contribution in [0.15, 0.2) is 12.4 Å². The van der Waals surface area contributed by atoms with Crippen LogP contribution >= 0.6 is 0 Å². The number of hydrogen-bond acceptors (Lipinski definition) is 4. The lowest BCUT2D eigenvalue weighted by molar-refractivity contribution is -0.131. The molecule has 0 bridgehead atoms. The Morgan fingerprint density at radius 3 is 2.77 bits per heavy atom. The van der Waals surface area contributed by atoms with Gasteiger partial charge in [0.2, 0.25) is 5.91 Å². The molecule has 1 heterocycles. The molecular weight excluding hydrogens is 280 g/mol. The van der Waals surface area contributed by atoms with Gasteiger partial charge in [0.15, 0.2) is 0 Å². The summed E-state index contributed by atoms with van der Waals surface area (Å²) in [5.74, 6) is 0.395. The van der Waals surface area contributed by atoms with Gasteiger partial charge in [-0.15, -0.1) is 0 Å². The third-order valence-corrected chi connectivity index (χ3v) is 4.42. The maximum Gasteiger partial charge on any atom is 0.236 e. The molecule has 0 spiro atoms. The average molecular weight is 308 g/mol. The van der Waals surface area contributed by atoms with E-state index >= 15 is 0 Å². The zero-order valence-corrected chi connectivity index (χ0v) is 13.9. The summed E-state index contributed by atoms with van der Waals surface area (Å²) in [7, 11) is 5.64. The lowest BCUT2D eigenvalue weighted by Crippen LogP contribution is -2.41. The number of nitrogens with zero attached hydrogens (tertiary/aromatic N) is 4. The number of amides is 1. The number of aliphatic hydroxyl groups is 1. The second-order valence-electron chi connectivity index (χ2n) is 6.58. The first-order chi connectivity index (χ1) is 10.5. The SMILES string of the molecule is CN(CC(=O)N(C)Cc1cnn(C)c1)CC1CCCCC1O. The fourth-order valence-electron chi connectivity index (χ4n) is 3.13. The molecule has 0 aromatic carbocycles. The van der Waals surface area contributed by atoms with E-state index in [2.05, 4.69) is 5.10 Å². The number of aromatic nitrogens is 2. The molecule has 124 valence electrons. The van der Waals surface area contributed by atoms with Gasteiger partial charge in [-0.3, -0.25) is 14.4 Å². The molecule has 6 nitrogen and oxygen atoms in total. The van der Waals surface area contributed by atoms with E-state index in [1.54, 1.807) is 15.8 Å². The van der Waals surface area contributed by atoms with E-state index in [9.17, 15) is 9.90 Å². The van der Waals surface area contributed by atoms with E-state index in [1.165, 1.54) is 6.42 Å². The van der Waals surface area contributed by atoms with Crippen molar-refractivity contribution in [2.75, 3.05) is 27.2 Å². The van der Waals surface area contributed by atoms with Gasteiger partial charge in [0, 0.05) is 38.9 Å². The third kappa shape index (κ3) is 4.81. The highest BCUT2D eigenvalue weighted by atomic mass is 16.3. The molecule has 1 amide bonds. The fourth-order valence-corrected chi connectivity index (χ4v) is 3.13. The van der Waals surface area contributed by atoms with Crippen LogP contribution < -0.4 is 0 Å². The average Bonchev–Trinajstić information content (AvgIpc) is 2.86. The molecule has 6 heteroatoms. The van der Waals surface area contributed by atoms with Crippen molar-refractivity contribution in [3.63, 3.8) is 0 Å². The summed E-state index contributed by atoms with van der Waals surface area (Å²) in [4.78, 5) is 16.0. The lowest BCUT2D eigenvalue weighted by atomic mass is 9.86. The molecule has 0 radical (unpaired) electrons. The van der Waals surface area contributed by atoms with Gasteiger partial charge in [0.1, 0.15) is 0 Å². The van der Waals surface area contributed by atoms with E-state index in [1.807, 2.05) is 32.2 Å². The summed E-state index contributed by atoms with van der Waals surface area (Å²) in [5, 5.41) is 14.1. The Bertz CT molecular complexity index is 488. The van der Waals surface area contributed by atoms with E-state index in [0.29, 0.717) is 19.0 Å². The van der Waals surface area contributed by atoms with Crippen molar-refractivity contribution in [3.8, 4) is 0 Å². The largest absolute Gasteiger partial charge is 0.393 e. The van der Waals surface area contributed by atoms with Crippen LogP contribution in [-0.2, 0) is 18.4 Å². The highest BCUT2D eigenvalue weighted by molar-refractivity contribution is 5.77. The molecule has 0 aliphatic heterocycles. The third-order valence-electron chi connectivity index (χ3n) is 4.42. The van der Waals surface area contributed by atoms with Crippen LogP contribution in [0.2, 0.25) is 0 Å². The zero-order valence-electron chi connectivity index (χ0n) is 13.9. The smallest absolute Gasteiger partial charge is 0.236 e. The van der Waals surface area contributed by atoms with Crippen LogP contribution in [0.3, 0.4) is 0 Å². The first-order valence-electron chi connectivity index (χ1n) is 8.04. The molecule has 1 aliphatic rings. The van der Waals surface area contributed by atoms with Gasteiger partial charge in [-0.25, -0.2) is 0 Å². The van der Waals surface area contributed by atoms with Crippen LogP contribution in [0.25, 0.3) is 0 Å². The van der Waals surface area contributed by atoms with Gasteiger partial charge in [-0.1, -0.05) is 12.8 Å². The molecule has 1 N–H and O–H groups in total. The van der Waals surface area contributed by atoms with Gasteiger partial charge >= 0.3 is 0 Å². The lowest BCUT2D eigenvalue weighted by Gasteiger charge is -2.31. The van der Waals surface area contributed by atoms with Crippen LogP contribution in [0.1, 0.15) is 31.2 Å². The van der Waals surface area contributed by atoms with E-state index < -0.39 is 0 Å². The molecule has 2 rings (SSSR count). The minimum absolute atomic E-state index is 0.0941. The number of rotatable bonds is 6. The molecule has 1 aromatic rings. The van der Waals surface area contributed by atoms with Crippen molar-refractivity contribution in [2.45, 2.75) is 38.3 Å². The second-order valence-corrected chi connectivity index (χ2v) is 6.58. The number of hydrogen-bond donors (Lipinski definition) is 1. The molecule has 1 aliphatic carbocycles. The van der Waals surface area contributed by atoms with E-state index in [4.69, 9.17) is 0 Å². The van der Waals surface area contributed by atoms with Crippen molar-refractivity contribution < 1.29 is 9.90 Å². The summed E-state index contributed by atoms with van der Waals surface area (Å²) >= 11 is 0. The van der Waals surface area contributed by atoms with Crippen molar-refractivity contribution in [1.29, 1.82) is 0 Å². The maximum absolute atomic E-state index is 12.3. The van der Waals surface area contributed by atoms with Crippen LogP contribution in [0.5, 0.6) is 0 Å². The van der Waals surface area contributed by atoms with Gasteiger partial charge in [-0.05, 0) is 25.8 Å². The molecule has 2 unspecified atom stereocenters. The summed E-state index contributed by atoms with van der Waals surface area (Å²) in [6, 6.07) is 0. The van der Waals surface area contributed by atoms with Crippen molar-refractivity contribution in [2.24, 2.45) is 13.0 Å². The summed E-state index contributed by atoms with van der Waals surface area (Å²) in [6.07, 6.45) is 7.76.